The molecule has 0 aromatic rings. The summed E-state index contributed by atoms with van der Waals surface area (Å²) < 4.78 is 40.9. The monoisotopic (exact) mass is 384 g/mol. The van der Waals surface area contributed by atoms with Crippen LogP contribution in [0.2, 0.25) is 0 Å². The summed E-state index contributed by atoms with van der Waals surface area (Å²) in [6, 6.07) is 0. The van der Waals surface area contributed by atoms with Gasteiger partial charge in [-0.2, -0.15) is 0 Å². The van der Waals surface area contributed by atoms with E-state index in [1.807, 2.05) is 13.0 Å². The van der Waals surface area contributed by atoms with Crippen LogP contribution in [-0.4, -0.2) is 42.3 Å². The molecule has 6 nitrogen and oxygen atoms in total. The second kappa shape index (κ2) is 7.66. The Morgan fingerprint density at radius 3 is 2.63 bits per heavy atom. The maximum absolute atomic E-state index is 12.3. The van der Waals surface area contributed by atoms with Crippen LogP contribution in [-0.2, 0) is 9.53 Å². The molecule has 2 heterocycles. The summed E-state index contributed by atoms with van der Waals surface area (Å²) in [7, 11) is 0. The van der Waals surface area contributed by atoms with Gasteiger partial charge in [-0.25, -0.2) is 4.99 Å². The summed E-state index contributed by atoms with van der Waals surface area (Å²) >= 11 is 0. The fourth-order valence-electron chi connectivity index (χ4n) is 3.51. The van der Waals surface area contributed by atoms with E-state index in [1.54, 1.807) is 6.08 Å². The zero-order valence-corrected chi connectivity index (χ0v) is 15.0. The number of amides is 1. The van der Waals surface area contributed by atoms with Gasteiger partial charge in [0.15, 0.2) is 0 Å². The van der Waals surface area contributed by atoms with Crippen LogP contribution in [0, 0.1) is 11.8 Å². The number of nitrogens with two attached hydrogens (primary N) is 1. The van der Waals surface area contributed by atoms with Crippen molar-refractivity contribution in [1.82, 2.24) is 10.2 Å². The van der Waals surface area contributed by atoms with Crippen molar-refractivity contribution < 1.29 is 22.7 Å². The lowest BCUT2D eigenvalue weighted by Crippen LogP contribution is -2.44. The maximum Gasteiger partial charge on any atom is 0.573 e. The second-order valence-electron chi connectivity index (χ2n) is 6.93. The number of nitrogens with one attached hydrogen (secondary N) is 1. The molecule has 0 aromatic heterocycles. The number of rotatable bonds is 3. The topological polar surface area (TPSA) is 80.0 Å². The van der Waals surface area contributed by atoms with Crippen molar-refractivity contribution in [3.8, 4) is 0 Å². The van der Waals surface area contributed by atoms with E-state index in [2.05, 4.69) is 19.9 Å². The third kappa shape index (κ3) is 5.05. The summed E-state index contributed by atoms with van der Waals surface area (Å²) in [4.78, 5) is 18.1. The molecule has 2 atom stereocenters. The van der Waals surface area contributed by atoms with Gasteiger partial charge in [0.25, 0.3) is 0 Å². The molecule has 27 heavy (non-hydrogen) atoms. The summed E-state index contributed by atoms with van der Waals surface area (Å²) in [6.45, 7) is 3.32. The predicted octanol–water partition coefficient (Wildman–Crippen LogP) is 2.41. The first-order chi connectivity index (χ1) is 12.7. The van der Waals surface area contributed by atoms with E-state index in [4.69, 9.17) is 5.73 Å². The Bertz CT molecular complexity index is 704. The number of aliphatic imine (C=N–C) groups is 1. The van der Waals surface area contributed by atoms with E-state index in [-0.39, 0.29) is 29.7 Å². The van der Waals surface area contributed by atoms with Gasteiger partial charge in [0.05, 0.1) is 0 Å². The quantitative estimate of drug-likeness (QED) is 0.783. The number of carbonyl (C=O) groups excluding carboxylic acids is 1. The number of carbonyl (C=O) groups is 1. The standard InChI is InChI=1S/C18H23F3N4O2/c1-11-23-15(12-2-4-14(5-3-12)27-18(19,20)21)10-16(24-11)25-8-6-13(7-9-25)17(22)26/h2,4-5,10-13,23H,3,6-9H2,1H3,(H2,22,26). The van der Waals surface area contributed by atoms with E-state index >= 15 is 0 Å². The molecule has 1 aliphatic carbocycles. The van der Waals surface area contributed by atoms with E-state index in [0.717, 1.165) is 11.5 Å². The van der Waals surface area contributed by atoms with Crippen molar-refractivity contribution in [2.24, 2.45) is 22.6 Å². The second-order valence-corrected chi connectivity index (χ2v) is 6.93. The molecule has 0 bridgehead atoms. The molecular weight excluding hydrogens is 361 g/mol. The number of piperidine rings is 1. The highest BCUT2D eigenvalue weighted by Gasteiger charge is 2.32. The number of alkyl halides is 3. The van der Waals surface area contributed by atoms with Crippen molar-refractivity contribution in [3.63, 3.8) is 0 Å². The van der Waals surface area contributed by atoms with Gasteiger partial charge in [0.1, 0.15) is 17.8 Å². The van der Waals surface area contributed by atoms with E-state index < -0.39 is 6.36 Å². The molecule has 3 rings (SSSR count). The Labute approximate surface area is 155 Å². The largest absolute Gasteiger partial charge is 0.573 e. The Balaban J connectivity index is 1.65. The lowest BCUT2D eigenvalue weighted by molar-refractivity contribution is -0.303. The van der Waals surface area contributed by atoms with Gasteiger partial charge in [0.2, 0.25) is 5.91 Å². The molecule has 9 heteroatoms. The lowest BCUT2D eigenvalue weighted by atomic mass is 9.94. The zero-order valence-electron chi connectivity index (χ0n) is 15.0. The van der Waals surface area contributed by atoms with Gasteiger partial charge in [-0.1, -0.05) is 6.08 Å². The van der Waals surface area contributed by atoms with Gasteiger partial charge in [0, 0.05) is 30.6 Å². The fourth-order valence-corrected chi connectivity index (χ4v) is 3.51. The summed E-state index contributed by atoms with van der Waals surface area (Å²) in [5, 5.41) is 3.27. The summed E-state index contributed by atoms with van der Waals surface area (Å²) in [5.41, 5.74) is 6.28. The zero-order chi connectivity index (χ0) is 19.6. The first-order valence-electron chi connectivity index (χ1n) is 8.95. The fraction of sp³-hybridized carbons (Fsp3) is 0.556. The highest BCUT2D eigenvalue weighted by Crippen LogP contribution is 2.29. The van der Waals surface area contributed by atoms with Crippen molar-refractivity contribution in [1.29, 1.82) is 0 Å². The number of ether oxygens (including phenoxy) is 1. The Hall–Kier alpha value is -2.45. The molecule has 1 saturated heterocycles. The smallest absolute Gasteiger partial charge is 0.406 e. The van der Waals surface area contributed by atoms with Crippen LogP contribution in [0.4, 0.5) is 13.2 Å². The molecule has 2 aliphatic heterocycles. The van der Waals surface area contributed by atoms with Gasteiger partial charge in [-0.05, 0) is 44.4 Å². The Kier molecular flexibility index (Phi) is 5.48. The van der Waals surface area contributed by atoms with E-state index in [1.165, 1.54) is 12.2 Å². The number of nitrogens with zero attached hydrogens (tertiary/aromatic N) is 2. The molecule has 1 amide bonds. The van der Waals surface area contributed by atoms with Crippen LogP contribution in [0.15, 0.2) is 40.8 Å². The van der Waals surface area contributed by atoms with E-state index in [9.17, 15) is 18.0 Å². The third-order valence-corrected chi connectivity index (χ3v) is 4.91. The lowest BCUT2D eigenvalue weighted by Gasteiger charge is -2.35. The predicted molar refractivity (Wildman–Crippen MR) is 94.1 cm³/mol. The first-order valence-corrected chi connectivity index (χ1v) is 8.95. The first kappa shape index (κ1) is 19.3. The molecule has 3 aliphatic rings. The number of primary amides is 1. The van der Waals surface area contributed by atoms with E-state index in [0.29, 0.717) is 32.4 Å². The highest BCUT2D eigenvalue weighted by molar-refractivity contribution is 5.94. The third-order valence-electron chi connectivity index (χ3n) is 4.91. The molecule has 0 aromatic carbocycles. The number of amidine groups is 1. The SMILES string of the molecule is CC1N=C(N2CCC(C(N)=O)CC2)C=C(C2C=CC(OC(F)(F)F)=CC2)N1. The van der Waals surface area contributed by atoms with Crippen LogP contribution < -0.4 is 11.1 Å². The van der Waals surface area contributed by atoms with Crippen LogP contribution in [0.1, 0.15) is 26.2 Å². The number of likely N-dealkylation sites (tertiary alicyclic amines) is 1. The maximum atomic E-state index is 12.3. The minimum atomic E-state index is -4.68. The molecule has 2 unspecified atom stereocenters. The van der Waals surface area contributed by atoms with Crippen molar-refractivity contribution >= 4 is 11.7 Å². The molecule has 0 saturated carbocycles. The molecule has 0 radical (unpaired) electrons. The minimum Gasteiger partial charge on any atom is -0.406 e. The number of hydrogen-bond donors (Lipinski definition) is 2. The molecule has 148 valence electrons. The van der Waals surface area contributed by atoms with Crippen molar-refractivity contribution in [2.75, 3.05) is 13.1 Å². The number of allylic oxidation sites excluding steroid dienone is 3. The van der Waals surface area contributed by atoms with Gasteiger partial charge in [-0.3, -0.25) is 4.79 Å². The van der Waals surface area contributed by atoms with Crippen molar-refractivity contribution in [3.05, 3.63) is 35.8 Å². The van der Waals surface area contributed by atoms with Crippen LogP contribution >= 0.6 is 0 Å². The van der Waals surface area contributed by atoms with Crippen LogP contribution in [0.25, 0.3) is 0 Å². The normalized spacial score (nSPS) is 26.7. The van der Waals surface area contributed by atoms with Gasteiger partial charge < -0.3 is 20.7 Å². The van der Waals surface area contributed by atoms with Crippen molar-refractivity contribution in [2.45, 2.75) is 38.7 Å². The van der Waals surface area contributed by atoms with Gasteiger partial charge in [-0.15, -0.1) is 13.2 Å². The van der Waals surface area contributed by atoms with Crippen LogP contribution in [0.5, 0.6) is 0 Å². The molecule has 1 fully saturated rings. The summed E-state index contributed by atoms with van der Waals surface area (Å²) in [5.74, 6) is 0.214. The summed E-state index contributed by atoms with van der Waals surface area (Å²) in [6.07, 6.45) is 3.40. The Morgan fingerprint density at radius 1 is 1.37 bits per heavy atom. The Morgan fingerprint density at radius 2 is 2.07 bits per heavy atom. The number of halogens is 3. The average Bonchev–Trinajstić information content (AvgIpc) is 2.60. The van der Waals surface area contributed by atoms with Gasteiger partial charge >= 0.3 is 6.36 Å². The highest BCUT2D eigenvalue weighted by atomic mass is 19.4. The number of hydrogen-bond acceptors (Lipinski definition) is 5. The van der Waals surface area contributed by atoms with Crippen LogP contribution in [0.3, 0.4) is 0 Å². The molecule has 0 spiro atoms. The average molecular weight is 384 g/mol. The minimum absolute atomic E-state index is 0.0679. The molecular formula is C18H23F3N4O2. The molecule has 3 N–H and O–H groups in total.